The number of hydrazine groups is 1. The molecular formula is C15H12BrN5O2. The van der Waals surface area contributed by atoms with Crippen LogP contribution in [0.1, 0.15) is 21.0 Å². The average Bonchev–Trinajstić information content (AvgIpc) is 3.22. The highest BCUT2D eigenvalue weighted by molar-refractivity contribution is 9.10. The van der Waals surface area contributed by atoms with Gasteiger partial charge in [-0.1, -0.05) is 18.2 Å². The number of hydrogen-bond donors (Lipinski definition) is 3. The summed E-state index contributed by atoms with van der Waals surface area (Å²) in [4.78, 5) is 26.6. The van der Waals surface area contributed by atoms with Crippen molar-refractivity contribution in [2.75, 3.05) is 0 Å². The number of amides is 2. The Morgan fingerprint density at radius 3 is 2.52 bits per heavy atom. The van der Waals surface area contributed by atoms with Crippen molar-refractivity contribution in [3.8, 4) is 5.69 Å². The number of aromatic amines is 1. The Kier molecular flexibility index (Phi) is 4.24. The van der Waals surface area contributed by atoms with Crippen LogP contribution in [0.25, 0.3) is 5.69 Å². The molecule has 0 radical (unpaired) electrons. The van der Waals surface area contributed by atoms with Gasteiger partial charge in [0.2, 0.25) is 0 Å². The first-order valence-corrected chi connectivity index (χ1v) is 7.48. The van der Waals surface area contributed by atoms with Gasteiger partial charge in [0, 0.05) is 16.9 Å². The molecule has 0 saturated carbocycles. The summed E-state index contributed by atoms with van der Waals surface area (Å²) in [5, 5.41) is 4.17. The molecule has 0 aliphatic carbocycles. The molecule has 23 heavy (non-hydrogen) atoms. The predicted octanol–water partition coefficient (Wildman–Crippen LogP) is 2.04. The van der Waals surface area contributed by atoms with E-state index in [0.717, 1.165) is 10.2 Å². The topological polar surface area (TPSA) is 91.8 Å². The molecule has 7 nitrogen and oxygen atoms in total. The van der Waals surface area contributed by atoms with Crippen LogP contribution in [0.2, 0.25) is 0 Å². The van der Waals surface area contributed by atoms with Crippen molar-refractivity contribution in [3.63, 3.8) is 0 Å². The van der Waals surface area contributed by atoms with E-state index in [2.05, 4.69) is 36.9 Å². The molecule has 0 aliphatic heterocycles. The number of carbonyl (C=O) groups is 2. The number of nitrogens with zero attached hydrogens (tertiary/aromatic N) is 2. The Morgan fingerprint density at radius 1 is 1.09 bits per heavy atom. The highest BCUT2D eigenvalue weighted by Gasteiger charge is 2.13. The summed E-state index contributed by atoms with van der Waals surface area (Å²) >= 11 is 3.23. The first-order valence-electron chi connectivity index (χ1n) is 6.69. The average molecular weight is 374 g/mol. The first-order chi connectivity index (χ1) is 11.1. The first kappa shape index (κ1) is 15.0. The molecule has 2 aromatic heterocycles. The number of halogens is 1. The van der Waals surface area contributed by atoms with Crippen LogP contribution in [0.4, 0.5) is 0 Å². The fourth-order valence-corrected chi connectivity index (χ4v) is 2.26. The Balaban J connectivity index is 1.63. The molecule has 0 unspecified atom stereocenters. The van der Waals surface area contributed by atoms with Gasteiger partial charge in [-0.05, 0) is 40.2 Å². The van der Waals surface area contributed by atoms with Crippen molar-refractivity contribution in [1.82, 2.24) is 25.6 Å². The molecule has 0 saturated heterocycles. The maximum absolute atomic E-state index is 12.0. The Labute approximate surface area is 139 Å². The molecule has 0 atom stereocenters. The summed E-state index contributed by atoms with van der Waals surface area (Å²) in [7, 11) is 0. The molecule has 3 aromatic rings. The lowest BCUT2D eigenvalue weighted by atomic mass is 10.3. The minimum atomic E-state index is -0.501. The number of carbonyl (C=O) groups excluding carboxylic acids is 2. The molecule has 0 spiro atoms. The van der Waals surface area contributed by atoms with E-state index in [1.54, 1.807) is 29.2 Å². The highest BCUT2D eigenvalue weighted by atomic mass is 79.9. The molecule has 1 aromatic carbocycles. The summed E-state index contributed by atoms with van der Waals surface area (Å²) in [6, 6.07) is 12.6. The van der Waals surface area contributed by atoms with Crippen molar-refractivity contribution in [3.05, 3.63) is 70.7 Å². The third-order valence-electron chi connectivity index (χ3n) is 3.02. The van der Waals surface area contributed by atoms with Crippen LogP contribution in [-0.4, -0.2) is 26.6 Å². The minimum absolute atomic E-state index is 0.196. The van der Waals surface area contributed by atoms with Gasteiger partial charge in [0.1, 0.15) is 5.69 Å². The van der Waals surface area contributed by atoms with Crippen molar-refractivity contribution in [2.45, 2.75) is 0 Å². The molecule has 2 amide bonds. The van der Waals surface area contributed by atoms with Gasteiger partial charge in [-0.25, -0.2) is 4.68 Å². The normalized spacial score (nSPS) is 10.3. The highest BCUT2D eigenvalue weighted by Crippen LogP contribution is 2.10. The number of para-hydroxylation sites is 1. The number of hydrogen-bond acceptors (Lipinski definition) is 3. The molecular weight excluding hydrogens is 362 g/mol. The van der Waals surface area contributed by atoms with Crippen LogP contribution in [-0.2, 0) is 0 Å². The smallest absolute Gasteiger partial charge is 0.290 e. The molecule has 0 fully saturated rings. The summed E-state index contributed by atoms with van der Waals surface area (Å²) < 4.78 is 2.33. The van der Waals surface area contributed by atoms with Gasteiger partial charge in [-0.15, -0.1) is 0 Å². The van der Waals surface area contributed by atoms with Gasteiger partial charge in [0.15, 0.2) is 5.69 Å². The largest absolute Gasteiger partial charge is 0.356 e. The van der Waals surface area contributed by atoms with Crippen LogP contribution in [0.5, 0.6) is 0 Å². The molecule has 3 rings (SSSR count). The van der Waals surface area contributed by atoms with Crippen LogP contribution in [0, 0.1) is 0 Å². The standard InChI is InChI=1S/C15H12BrN5O2/c16-10-8-13(17-9-10)15(23)19-18-14(22)12-6-7-21(20-12)11-4-2-1-3-5-11/h1-9,17H,(H,18,22)(H,19,23). The van der Waals surface area contributed by atoms with Gasteiger partial charge in [-0.3, -0.25) is 20.4 Å². The van der Waals surface area contributed by atoms with Crippen LogP contribution in [0.3, 0.4) is 0 Å². The van der Waals surface area contributed by atoms with Crippen LogP contribution in [0.15, 0.2) is 59.3 Å². The van der Waals surface area contributed by atoms with E-state index in [4.69, 9.17) is 0 Å². The zero-order valence-electron chi connectivity index (χ0n) is 11.8. The number of H-pyrrole nitrogens is 1. The number of nitrogens with one attached hydrogen (secondary N) is 3. The number of benzene rings is 1. The lowest BCUT2D eigenvalue weighted by molar-refractivity contribution is 0.0841. The Bertz CT molecular complexity index is 840. The zero-order valence-corrected chi connectivity index (χ0v) is 13.4. The van der Waals surface area contributed by atoms with Crippen LogP contribution >= 0.6 is 15.9 Å². The lowest BCUT2D eigenvalue weighted by Gasteiger charge is -2.04. The summed E-state index contributed by atoms with van der Waals surface area (Å²) in [5.74, 6) is -0.954. The molecule has 0 aliphatic rings. The van der Waals surface area contributed by atoms with E-state index in [0.29, 0.717) is 5.69 Å². The SMILES string of the molecule is O=C(NNC(=O)c1cc(Br)c[nH]1)c1ccn(-c2ccccc2)n1. The third-order valence-corrected chi connectivity index (χ3v) is 3.48. The van der Waals surface area contributed by atoms with Crippen molar-refractivity contribution in [1.29, 1.82) is 0 Å². The van der Waals surface area contributed by atoms with E-state index in [-0.39, 0.29) is 5.69 Å². The van der Waals surface area contributed by atoms with Gasteiger partial charge < -0.3 is 4.98 Å². The van der Waals surface area contributed by atoms with Crippen molar-refractivity contribution in [2.24, 2.45) is 0 Å². The Hall–Kier alpha value is -2.87. The summed E-state index contributed by atoms with van der Waals surface area (Å²) in [6.45, 7) is 0. The predicted molar refractivity (Wildman–Crippen MR) is 87.0 cm³/mol. The second kappa shape index (κ2) is 6.49. The van der Waals surface area contributed by atoms with E-state index < -0.39 is 11.8 Å². The van der Waals surface area contributed by atoms with E-state index in [1.807, 2.05) is 30.3 Å². The van der Waals surface area contributed by atoms with E-state index in [9.17, 15) is 9.59 Å². The minimum Gasteiger partial charge on any atom is -0.356 e. The maximum Gasteiger partial charge on any atom is 0.290 e. The number of rotatable bonds is 3. The van der Waals surface area contributed by atoms with Crippen molar-refractivity contribution < 1.29 is 9.59 Å². The van der Waals surface area contributed by atoms with Crippen molar-refractivity contribution >= 4 is 27.7 Å². The lowest BCUT2D eigenvalue weighted by Crippen LogP contribution is -2.42. The molecule has 116 valence electrons. The monoisotopic (exact) mass is 373 g/mol. The molecule has 3 N–H and O–H groups in total. The molecule has 0 bridgehead atoms. The van der Waals surface area contributed by atoms with Gasteiger partial charge >= 0.3 is 0 Å². The fraction of sp³-hybridized carbons (Fsp3) is 0. The third kappa shape index (κ3) is 3.49. The molecule has 8 heteroatoms. The van der Waals surface area contributed by atoms with E-state index in [1.165, 1.54) is 0 Å². The maximum atomic E-state index is 12.0. The second-order valence-corrected chi connectivity index (χ2v) is 5.54. The van der Waals surface area contributed by atoms with Crippen LogP contribution < -0.4 is 10.9 Å². The van der Waals surface area contributed by atoms with Gasteiger partial charge in [0.25, 0.3) is 11.8 Å². The molecule has 2 heterocycles. The van der Waals surface area contributed by atoms with E-state index >= 15 is 0 Å². The zero-order chi connectivity index (χ0) is 16.2. The fourth-order valence-electron chi connectivity index (χ4n) is 1.91. The summed E-state index contributed by atoms with van der Waals surface area (Å²) in [6.07, 6.45) is 3.30. The Morgan fingerprint density at radius 2 is 1.83 bits per heavy atom. The second-order valence-electron chi connectivity index (χ2n) is 4.62. The summed E-state index contributed by atoms with van der Waals surface area (Å²) in [5.41, 5.74) is 6.00. The number of aromatic nitrogens is 3. The van der Waals surface area contributed by atoms with Gasteiger partial charge in [0.05, 0.1) is 5.69 Å². The quantitative estimate of drug-likeness (QED) is 0.613. The van der Waals surface area contributed by atoms with Gasteiger partial charge in [-0.2, -0.15) is 5.10 Å².